The Kier molecular flexibility index (Phi) is 6.25. The number of nitrogens with one attached hydrogen (secondary N) is 1. The Bertz CT molecular complexity index is 921. The maximum absolute atomic E-state index is 11.8. The monoisotopic (exact) mass is 475 g/mol. The zero-order chi connectivity index (χ0) is 18.4. The Morgan fingerprint density at radius 3 is 2.65 bits per heavy atom. The van der Waals surface area contributed by atoms with Crippen molar-refractivity contribution in [3.05, 3.63) is 81.5 Å². The molecular weight excluding hydrogens is 462 g/mol. The van der Waals surface area contributed by atoms with Crippen molar-refractivity contribution in [2.45, 2.75) is 0 Å². The molecule has 0 aliphatic heterocycles. The van der Waals surface area contributed by atoms with Gasteiger partial charge in [0.15, 0.2) is 6.61 Å². The molecule has 3 aromatic rings. The topological polar surface area (TPSA) is 55.6 Å². The average molecular weight is 477 g/mol. The number of nitrogens with zero attached hydrogens (tertiary/aromatic N) is 2. The number of hydrazone groups is 1. The Morgan fingerprint density at radius 1 is 1.08 bits per heavy atom. The molecule has 0 fully saturated rings. The molecule has 7 heteroatoms. The zero-order valence-corrected chi connectivity index (χ0v) is 16.8. The molecular formula is C19H15Br2N3O2. The van der Waals surface area contributed by atoms with Gasteiger partial charge in [0.1, 0.15) is 5.75 Å². The lowest BCUT2D eigenvalue weighted by atomic mass is 10.3. The van der Waals surface area contributed by atoms with E-state index in [9.17, 15) is 4.79 Å². The van der Waals surface area contributed by atoms with E-state index in [4.69, 9.17) is 4.74 Å². The number of aromatic nitrogens is 1. The number of halogens is 2. The van der Waals surface area contributed by atoms with E-state index in [1.807, 2.05) is 59.3 Å². The zero-order valence-electron chi connectivity index (χ0n) is 13.6. The summed E-state index contributed by atoms with van der Waals surface area (Å²) >= 11 is 6.78. The standard InChI is InChI=1S/C19H15Br2N3O2/c20-14-6-8-16(9-7-14)24-10-2-4-17(24)12-22-23-19(25)13-26-18-5-1-3-15(21)11-18/h1-12H,13H2,(H,23,25)/b22-12+. The van der Waals surface area contributed by atoms with E-state index in [2.05, 4.69) is 42.4 Å². The molecule has 5 nitrogen and oxygen atoms in total. The largest absolute Gasteiger partial charge is 0.484 e. The lowest BCUT2D eigenvalue weighted by molar-refractivity contribution is -0.123. The number of hydrogen-bond acceptors (Lipinski definition) is 3. The van der Waals surface area contributed by atoms with Gasteiger partial charge in [0.05, 0.1) is 11.9 Å². The van der Waals surface area contributed by atoms with Gasteiger partial charge >= 0.3 is 0 Å². The highest BCUT2D eigenvalue weighted by Gasteiger charge is 2.03. The molecule has 0 bridgehead atoms. The maximum atomic E-state index is 11.8. The number of ether oxygens (including phenoxy) is 1. The van der Waals surface area contributed by atoms with Gasteiger partial charge in [-0.1, -0.05) is 37.9 Å². The highest BCUT2D eigenvalue weighted by Crippen LogP contribution is 2.17. The third kappa shape index (κ3) is 5.06. The van der Waals surface area contributed by atoms with E-state index in [0.717, 1.165) is 20.3 Å². The fourth-order valence-electron chi connectivity index (χ4n) is 2.24. The Labute approximate surface area is 167 Å². The van der Waals surface area contributed by atoms with Crippen LogP contribution in [0.4, 0.5) is 0 Å². The van der Waals surface area contributed by atoms with Crippen molar-refractivity contribution in [2.75, 3.05) is 6.61 Å². The first-order chi connectivity index (χ1) is 12.6. The molecule has 0 atom stereocenters. The number of benzene rings is 2. The first-order valence-corrected chi connectivity index (χ1v) is 9.34. The van der Waals surface area contributed by atoms with Gasteiger partial charge in [-0.25, -0.2) is 5.43 Å². The van der Waals surface area contributed by atoms with Crippen molar-refractivity contribution in [1.82, 2.24) is 9.99 Å². The molecule has 0 saturated carbocycles. The molecule has 2 aromatic carbocycles. The average Bonchev–Trinajstić information content (AvgIpc) is 3.09. The molecule has 0 unspecified atom stereocenters. The van der Waals surface area contributed by atoms with Gasteiger partial charge in [0, 0.05) is 20.8 Å². The molecule has 0 aliphatic rings. The van der Waals surface area contributed by atoms with Gasteiger partial charge in [-0.15, -0.1) is 0 Å². The number of hydrogen-bond donors (Lipinski definition) is 1. The van der Waals surface area contributed by atoms with Gasteiger partial charge in [0.2, 0.25) is 0 Å². The third-order valence-electron chi connectivity index (χ3n) is 3.44. The van der Waals surface area contributed by atoms with E-state index in [-0.39, 0.29) is 12.5 Å². The highest BCUT2D eigenvalue weighted by atomic mass is 79.9. The normalized spacial score (nSPS) is 10.8. The second-order valence-corrected chi connectivity index (χ2v) is 7.15. The summed E-state index contributed by atoms with van der Waals surface area (Å²) in [5.74, 6) is 0.283. The van der Waals surface area contributed by atoms with Gasteiger partial charge in [-0.05, 0) is 54.6 Å². The third-order valence-corrected chi connectivity index (χ3v) is 4.46. The quantitative estimate of drug-likeness (QED) is 0.419. The predicted molar refractivity (Wildman–Crippen MR) is 109 cm³/mol. The molecule has 0 aliphatic carbocycles. The minimum absolute atomic E-state index is 0.110. The Balaban J connectivity index is 1.56. The summed E-state index contributed by atoms with van der Waals surface area (Å²) in [7, 11) is 0. The first kappa shape index (κ1) is 18.4. The highest BCUT2D eigenvalue weighted by molar-refractivity contribution is 9.10. The van der Waals surface area contributed by atoms with Crippen LogP contribution >= 0.6 is 31.9 Å². The van der Waals surface area contributed by atoms with Crippen LogP contribution in [0.1, 0.15) is 5.69 Å². The Hall–Kier alpha value is -2.38. The lowest BCUT2D eigenvalue weighted by Gasteiger charge is -2.07. The lowest BCUT2D eigenvalue weighted by Crippen LogP contribution is -2.24. The van der Waals surface area contributed by atoms with Crippen LogP contribution in [0.3, 0.4) is 0 Å². The van der Waals surface area contributed by atoms with Crippen LogP contribution in [0, 0.1) is 0 Å². The van der Waals surface area contributed by atoms with E-state index < -0.39 is 0 Å². The van der Waals surface area contributed by atoms with E-state index in [1.54, 1.807) is 18.3 Å². The first-order valence-electron chi connectivity index (χ1n) is 7.75. The molecule has 1 amide bonds. The van der Waals surface area contributed by atoms with Crippen LogP contribution in [0.15, 0.2) is 80.9 Å². The number of amides is 1. The van der Waals surface area contributed by atoms with Gasteiger partial charge < -0.3 is 9.30 Å². The van der Waals surface area contributed by atoms with Crippen molar-refractivity contribution >= 4 is 44.0 Å². The van der Waals surface area contributed by atoms with Crippen LogP contribution in [-0.2, 0) is 4.79 Å². The van der Waals surface area contributed by atoms with E-state index >= 15 is 0 Å². The second kappa shape index (κ2) is 8.82. The Morgan fingerprint density at radius 2 is 1.88 bits per heavy atom. The number of carbonyl (C=O) groups is 1. The van der Waals surface area contributed by atoms with Crippen molar-refractivity contribution in [2.24, 2.45) is 5.10 Å². The summed E-state index contributed by atoms with van der Waals surface area (Å²) < 4.78 is 9.29. The van der Waals surface area contributed by atoms with Crippen molar-refractivity contribution in [3.8, 4) is 11.4 Å². The SMILES string of the molecule is O=C(COc1cccc(Br)c1)N/N=C/c1cccn1-c1ccc(Br)cc1. The molecule has 132 valence electrons. The molecule has 0 saturated heterocycles. The van der Waals surface area contributed by atoms with Crippen LogP contribution in [0.25, 0.3) is 5.69 Å². The minimum Gasteiger partial charge on any atom is -0.484 e. The van der Waals surface area contributed by atoms with Crippen LogP contribution in [0.5, 0.6) is 5.75 Å². The molecule has 1 aromatic heterocycles. The molecule has 0 radical (unpaired) electrons. The van der Waals surface area contributed by atoms with E-state index in [0.29, 0.717) is 5.75 Å². The summed E-state index contributed by atoms with van der Waals surface area (Å²) in [6.07, 6.45) is 3.53. The fraction of sp³-hybridized carbons (Fsp3) is 0.0526. The van der Waals surface area contributed by atoms with Crippen molar-refractivity contribution < 1.29 is 9.53 Å². The van der Waals surface area contributed by atoms with E-state index in [1.165, 1.54) is 0 Å². The summed E-state index contributed by atoms with van der Waals surface area (Å²) in [5, 5.41) is 4.00. The summed E-state index contributed by atoms with van der Waals surface area (Å²) in [5.41, 5.74) is 4.32. The molecule has 0 spiro atoms. The number of carbonyl (C=O) groups excluding carboxylic acids is 1. The van der Waals surface area contributed by atoms with Gasteiger partial charge in [-0.3, -0.25) is 4.79 Å². The van der Waals surface area contributed by atoms with Crippen LogP contribution < -0.4 is 10.2 Å². The smallest absolute Gasteiger partial charge is 0.277 e. The maximum Gasteiger partial charge on any atom is 0.277 e. The summed E-state index contributed by atoms with van der Waals surface area (Å²) in [6, 6.07) is 19.1. The predicted octanol–water partition coefficient (Wildman–Crippen LogP) is 4.53. The molecule has 1 N–H and O–H groups in total. The molecule has 1 heterocycles. The fourth-order valence-corrected chi connectivity index (χ4v) is 2.89. The minimum atomic E-state index is -0.331. The van der Waals surface area contributed by atoms with Crippen LogP contribution in [-0.4, -0.2) is 23.3 Å². The molecule has 26 heavy (non-hydrogen) atoms. The summed E-state index contributed by atoms with van der Waals surface area (Å²) in [4.78, 5) is 11.8. The summed E-state index contributed by atoms with van der Waals surface area (Å²) in [6.45, 7) is -0.110. The van der Waals surface area contributed by atoms with Crippen molar-refractivity contribution in [1.29, 1.82) is 0 Å². The van der Waals surface area contributed by atoms with Crippen LogP contribution in [0.2, 0.25) is 0 Å². The van der Waals surface area contributed by atoms with Gasteiger partial charge in [0.25, 0.3) is 5.91 Å². The second-order valence-electron chi connectivity index (χ2n) is 5.32. The molecule has 3 rings (SSSR count). The number of rotatable bonds is 6. The van der Waals surface area contributed by atoms with Gasteiger partial charge in [-0.2, -0.15) is 5.10 Å². The van der Waals surface area contributed by atoms with Crippen molar-refractivity contribution in [3.63, 3.8) is 0 Å².